The first kappa shape index (κ1) is 15.7. The third-order valence-electron chi connectivity index (χ3n) is 5.12. The minimum Gasteiger partial charge on any atom is -0.393 e. The number of piperidine rings is 1. The predicted molar refractivity (Wildman–Crippen MR) is 79.0 cm³/mol. The highest BCUT2D eigenvalue weighted by atomic mass is 32.2. The molecule has 0 radical (unpaired) electrons. The van der Waals surface area contributed by atoms with Crippen LogP contribution in [0.5, 0.6) is 0 Å². The molecule has 0 spiro atoms. The summed E-state index contributed by atoms with van der Waals surface area (Å²) in [5.74, 6) is 0.112. The largest absolute Gasteiger partial charge is 0.393 e. The summed E-state index contributed by atoms with van der Waals surface area (Å²) >= 11 is 0. The second kappa shape index (κ2) is 6.50. The Morgan fingerprint density at radius 3 is 2.38 bits per heavy atom. The smallest absolute Gasteiger partial charge is 0.282 e. The molecule has 7 heteroatoms. The number of hydrogen-bond acceptors (Lipinski definition) is 4. The molecule has 21 heavy (non-hydrogen) atoms. The van der Waals surface area contributed by atoms with Gasteiger partial charge in [0.15, 0.2) is 0 Å². The molecule has 122 valence electrons. The molecular weight excluding hydrogens is 292 g/mol. The van der Waals surface area contributed by atoms with Gasteiger partial charge in [0.2, 0.25) is 0 Å². The van der Waals surface area contributed by atoms with Gasteiger partial charge in [0.25, 0.3) is 10.2 Å². The highest BCUT2D eigenvalue weighted by molar-refractivity contribution is 7.86. The van der Waals surface area contributed by atoms with E-state index in [1.165, 1.54) is 0 Å². The van der Waals surface area contributed by atoms with Gasteiger partial charge >= 0.3 is 0 Å². The zero-order chi connectivity index (χ0) is 14.9. The second-order valence-corrected chi connectivity index (χ2v) is 8.24. The zero-order valence-corrected chi connectivity index (χ0v) is 13.3. The Kier molecular flexibility index (Phi) is 4.85. The topological polar surface area (TPSA) is 70.1 Å². The highest BCUT2D eigenvalue weighted by Gasteiger charge is 2.43. The van der Waals surface area contributed by atoms with E-state index < -0.39 is 10.2 Å². The van der Waals surface area contributed by atoms with Crippen molar-refractivity contribution in [3.63, 3.8) is 0 Å². The molecule has 0 aromatic carbocycles. The first-order chi connectivity index (χ1) is 10.1. The Labute approximate surface area is 127 Å². The van der Waals surface area contributed by atoms with Gasteiger partial charge in [-0.25, -0.2) is 0 Å². The maximum Gasteiger partial charge on any atom is 0.282 e. The summed E-state index contributed by atoms with van der Waals surface area (Å²) in [5, 5.41) is 10.2. The van der Waals surface area contributed by atoms with E-state index in [4.69, 9.17) is 4.74 Å². The summed E-state index contributed by atoms with van der Waals surface area (Å²) in [6.07, 6.45) is 5.29. The number of morpholine rings is 1. The monoisotopic (exact) mass is 318 g/mol. The van der Waals surface area contributed by atoms with E-state index in [-0.39, 0.29) is 18.1 Å². The average molecular weight is 318 g/mol. The summed E-state index contributed by atoms with van der Waals surface area (Å²) in [4.78, 5) is 0. The van der Waals surface area contributed by atoms with Gasteiger partial charge in [-0.05, 0) is 25.7 Å². The van der Waals surface area contributed by atoms with Crippen molar-refractivity contribution < 1.29 is 18.3 Å². The van der Waals surface area contributed by atoms with Gasteiger partial charge in [0, 0.05) is 31.6 Å². The summed E-state index contributed by atoms with van der Waals surface area (Å²) in [6.45, 7) is 2.43. The van der Waals surface area contributed by atoms with Crippen LogP contribution in [0.1, 0.15) is 38.5 Å². The van der Waals surface area contributed by atoms with Crippen LogP contribution in [-0.4, -0.2) is 67.1 Å². The SMILES string of the molecule is O=S(=O)(N1CCOCC1)N1CCCCC1C1CCCC1O. The molecule has 2 saturated heterocycles. The van der Waals surface area contributed by atoms with Crippen LogP contribution in [0.4, 0.5) is 0 Å². The lowest BCUT2D eigenvalue weighted by Gasteiger charge is -2.42. The Balaban J connectivity index is 1.79. The molecule has 3 aliphatic rings. The summed E-state index contributed by atoms with van der Waals surface area (Å²) in [7, 11) is -3.42. The second-order valence-electron chi connectivity index (χ2n) is 6.36. The molecule has 0 aromatic heterocycles. The lowest BCUT2D eigenvalue weighted by molar-refractivity contribution is 0.0545. The van der Waals surface area contributed by atoms with Gasteiger partial charge in [0.1, 0.15) is 0 Å². The van der Waals surface area contributed by atoms with Crippen molar-refractivity contribution in [1.29, 1.82) is 0 Å². The number of aliphatic hydroxyl groups excluding tert-OH is 1. The van der Waals surface area contributed by atoms with Crippen LogP contribution < -0.4 is 0 Å². The normalized spacial score (nSPS) is 36.9. The maximum absolute atomic E-state index is 12.9. The van der Waals surface area contributed by atoms with Gasteiger partial charge in [-0.3, -0.25) is 0 Å². The molecule has 0 amide bonds. The predicted octanol–water partition coefficient (Wildman–Crippen LogP) is 0.579. The molecular formula is C14H26N2O4S. The Morgan fingerprint density at radius 1 is 0.952 bits per heavy atom. The van der Waals surface area contributed by atoms with Gasteiger partial charge in [0.05, 0.1) is 19.3 Å². The van der Waals surface area contributed by atoms with Crippen molar-refractivity contribution in [2.45, 2.75) is 50.7 Å². The Morgan fingerprint density at radius 2 is 1.71 bits per heavy atom. The van der Waals surface area contributed by atoms with Gasteiger partial charge < -0.3 is 9.84 Å². The van der Waals surface area contributed by atoms with E-state index in [0.29, 0.717) is 32.8 Å². The van der Waals surface area contributed by atoms with Crippen LogP contribution in [0.15, 0.2) is 0 Å². The van der Waals surface area contributed by atoms with Crippen LogP contribution in [-0.2, 0) is 14.9 Å². The standard InChI is InChI=1S/C14H26N2O4S/c17-14-6-3-4-12(14)13-5-1-2-7-16(13)21(18,19)15-8-10-20-11-9-15/h12-14,17H,1-11H2. The van der Waals surface area contributed by atoms with Crippen LogP contribution >= 0.6 is 0 Å². The lowest BCUT2D eigenvalue weighted by Crippen LogP contribution is -2.55. The maximum atomic E-state index is 12.9. The summed E-state index contributed by atoms with van der Waals surface area (Å²) in [6, 6.07) is -0.0240. The van der Waals surface area contributed by atoms with Crippen LogP contribution in [0.2, 0.25) is 0 Å². The molecule has 2 heterocycles. The fraction of sp³-hybridized carbons (Fsp3) is 1.00. The van der Waals surface area contributed by atoms with Crippen LogP contribution in [0.3, 0.4) is 0 Å². The minimum absolute atomic E-state index is 0.0240. The van der Waals surface area contributed by atoms with E-state index in [9.17, 15) is 13.5 Å². The molecule has 3 fully saturated rings. The first-order valence-corrected chi connectivity index (χ1v) is 9.53. The zero-order valence-electron chi connectivity index (χ0n) is 12.5. The van der Waals surface area contributed by atoms with Gasteiger partial charge in [-0.2, -0.15) is 17.0 Å². The van der Waals surface area contributed by atoms with Gasteiger partial charge in [-0.1, -0.05) is 12.8 Å². The molecule has 1 saturated carbocycles. The molecule has 3 unspecified atom stereocenters. The molecule has 1 N–H and O–H groups in total. The van der Waals surface area contributed by atoms with E-state index in [2.05, 4.69) is 0 Å². The van der Waals surface area contributed by atoms with Gasteiger partial charge in [-0.15, -0.1) is 0 Å². The quantitative estimate of drug-likeness (QED) is 0.826. The third kappa shape index (κ3) is 3.12. The number of nitrogens with zero attached hydrogens (tertiary/aromatic N) is 2. The van der Waals surface area contributed by atoms with Crippen LogP contribution in [0, 0.1) is 5.92 Å². The molecule has 1 aliphatic carbocycles. The Bertz CT molecular complexity index is 450. The van der Waals surface area contributed by atoms with Crippen molar-refractivity contribution in [3.8, 4) is 0 Å². The van der Waals surface area contributed by atoms with E-state index in [1.807, 2.05) is 0 Å². The molecule has 3 atom stereocenters. The molecule has 2 aliphatic heterocycles. The van der Waals surface area contributed by atoms with Crippen molar-refractivity contribution in [1.82, 2.24) is 8.61 Å². The van der Waals surface area contributed by atoms with Crippen LogP contribution in [0.25, 0.3) is 0 Å². The lowest BCUT2D eigenvalue weighted by atomic mass is 9.89. The van der Waals surface area contributed by atoms with Crippen molar-refractivity contribution in [2.24, 2.45) is 5.92 Å². The summed E-state index contributed by atoms with van der Waals surface area (Å²) < 4.78 is 34.4. The molecule has 0 bridgehead atoms. The van der Waals surface area contributed by atoms with E-state index in [0.717, 1.165) is 38.5 Å². The fourth-order valence-electron chi connectivity index (χ4n) is 3.99. The minimum atomic E-state index is -3.42. The van der Waals surface area contributed by atoms with E-state index in [1.54, 1.807) is 8.61 Å². The van der Waals surface area contributed by atoms with Crippen molar-refractivity contribution in [2.75, 3.05) is 32.8 Å². The highest BCUT2D eigenvalue weighted by Crippen LogP contribution is 2.36. The number of rotatable bonds is 3. The summed E-state index contributed by atoms with van der Waals surface area (Å²) in [5.41, 5.74) is 0. The number of ether oxygens (including phenoxy) is 1. The Hall–Kier alpha value is -0.210. The first-order valence-electron chi connectivity index (χ1n) is 8.13. The fourth-order valence-corrected chi connectivity index (χ4v) is 5.86. The molecule has 3 rings (SSSR count). The van der Waals surface area contributed by atoms with Crippen molar-refractivity contribution >= 4 is 10.2 Å². The number of aliphatic hydroxyl groups is 1. The average Bonchev–Trinajstić information content (AvgIpc) is 2.94. The molecule has 0 aromatic rings. The van der Waals surface area contributed by atoms with Crippen molar-refractivity contribution in [3.05, 3.63) is 0 Å². The van der Waals surface area contributed by atoms with E-state index >= 15 is 0 Å². The third-order valence-corrected chi connectivity index (χ3v) is 7.18. The molecule has 6 nitrogen and oxygen atoms in total. The number of hydrogen-bond donors (Lipinski definition) is 1.